The van der Waals surface area contributed by atoms with Crippen LogP contribution in [-0.2, 0) is 19.4 Å². The van der Waals surface area contributed by atoms with E-state index >= 15 is 0 Å². The predicted octanol–water partition coefficient (Wildman–Crippen LogP) is 3.02. The summed E-state index contributed by atoms with van der Waals surface area (Å²) in [6.45, 7) is 2.77. The number of rotatable bonds is 5. The van der Waals surface area contributed by atoms with Crippen LogP contribution in [0.3, 0.4) is 0 Å². The summed E-state index contributed by atoms with van der Waals surface area (Å²) < 4.78 is 38.8. The molecule has 0 bridgehead atoms. The summed E-state index contributed by atoms with van der Waals surface area (Å²) in [7, 11) is 0. The van der Waals surface area contributed by atoms with Gasteiger partial charge in [0.25, 0.3) is 0 Å². The second kappa shape index (κ2) is 6.24. The zero-order chi connectivity index (χ0) is 15.5. The first kappa shape index (κ1) is 15.5. The van der Waals surface area contributed by atoms with E-state index in [0.717, 1.165) is 10.2 Å². The van der Waals surface area contributed by atoms with E-state index in [-0.39, 0.29) is 5.92 Å². The summed E-state index contributed by atoms with van der Waals surface area (Å²) in [4.78, 5) is 8.23. The van der Waals surface area contributed by atoms with Crippen molar-refractivity contribution in [2.45, 2.75) is 39.4 Å². The SMILES string of the molecule is CC(C)Cc1nc(Cc2cccnc2)nn1CC(F)(F)F. The van der Waals surface area contributed by atoms with Crippen LogP contribution < -0.4 is 0 Å². The lowest BCUT2D eigenvalue weighted by molar-refractivity contribution is -0.143. The first-order valence-electron chi connectivity index (χ1n) is 6.72. The van der Waals surface area contributed by atoms with Crippen molar-refractivity contribution < 1.29 is 13.2 Å². The van der Waals surface area contributed by atoms with Crippen LogP contribution in [0, 0.1) is 5.92 Å². The fraction of sp³-hybridized carbons (Fsp3) is 0.500. The van der Waals surface area contributed by atoms with Crippen LogP contribution in [0.1, 0.15) is 31.1 Å². The molecule has 0 atom stereocenters. The highest BCUT2D eigenvalue weighted by Gasteiger charge is 2.30. The molecule has 0 aliphatic rings. The van der Waals surface area contributed by atoms with Gasteiger partial charge in [0.15, 0.2) is 5.82 Å². The van der Waals surface area contributed by atoms with Gasteiger partial charge in [0.2, 0.25) is 0 Å². The Kier molecular flexibility index (Phi) is 4.59. The highest BCUT2D eigenvalue weighted by atomic mass is 19.4. The minimum absolute atomic E-state index is 0.215. The van der Waals surface area contributed by atoms with E-state index in [1.54, 1.807) is 18.5 Å². The van der Waals surface area contributed by atoms with Crippen LogP contribution in [0.2, 0.25) is 0 Å². The molecule has 7 heteroatoms. The van der Waals surface area contributed by atoms with Crippen LogP contribution in [0.5, 0.6) is 0 Å². The van der Waals surface area contributed by atoms with Crippen LogP contribution in [0.15, 0.2) is 24.5 Å². The Hall–Kier alpha value is -1.92. The molecule has 0 spiro atoms. The Morgan fingerprint density at radius 2 is 2.05 bits per heavy atom. The Morgan fingerprint density at radius 1 is 1.29 bits per heavy atom. The maximum atomic E-state index is 12.6. The third-order valence-electron chi connectivity index (χ3n) is 2.80. The van der Waals surface area contributed by atoms with Gasteiger partial charge in [-0.1, -0.05) is 19.9 Å². The molecular formula is C14H17F3N4. The topological polar surface area (TPSA) is 43.6 Å². The molecule has 2 aromatic rings. The molecule has 0 aliphatic carbocycles. The lowest BCUT2D eigenvalue weighted by Gasteiger charge is -2.09. The van der Waals surface area contributed by atoms with E-state index in [9.17, 15) is 13.2 Å². The minimum atomic E-state index is -4.30. The summed E-state index contributed by atoms with van der Waals surface area (Å²) in [6.07, 6.45) is -0.152. The maximum absolute atomic E-state index is 12.6. The van der Waals surface area contributed by atoms with Crippen molar-refractivity contribution in [3.8, 4) is 0 Å². The Labute approximate surface area is 121 Å². The van der Waals surface area contributed by atoms with Crippen molar-refractivity contribution in [2.24, 2.45) is 5.92 Å². The molecule has 0 N–H and O–H groups in total. The zero-order valence-corrected chi connectivity index (χ0v) is 11.9. The molecule has 0 amide bonds. The summed E-state index contributed by atoms with van der Waals surface area (Å²) in [6, 6.07) is 3.62. The van der Waals surface area contributed by atoms with E-state index in [1.165, 1.54) is 0 Å². The number of nitrogens with zero attached hydrogens (tertiary/aromatic N) is 4. The molecule has 4 nitrogen and oxygen atoms in total. The number of alkyl halides is 3. The molecule has 2 rings (SSSR count). The lowest BCUT2D eigenvalue weighted by Crippen LogP contribution is -2.21. The van der Waals surface area contributed by atoms with Gasteiger partial charge < -0.3 is 0 Å². The molecule has 0 saturated heterocycles. The summed E-state index contributed by atoms with van der Waals surface area (Å²) in [5.74, 6) is 0.983. The van der Waals surface area contributed by atoms with Crippen molar-refractivity contribution in [2.75, 3.05) is 0 Å². The average molecular weight is 298 g/mol. The van der Waals surface area contributed by atoms with E-state index in [0.29, 0.717) is 24.5 Å². The van der Waals surface area contributed by atoms with E-state index in [4.69, 9.17) is 0 Å². The van der Waals surface area contributed by atoms with Crippen LogP contribution in [0.4, 0.5) is 13.2 Å². The van der Waals surface area contributed by atoms with Gasteiger partial charge in [-0.05, 0) is 17.5 Å². The molecule has 0 radical (unpaired) electrons. The number of aromatic nitrogens is 4. The third kappa shape index (κ3) is 4.84. The summed E-state index contributed by atoms with van der Waals surface area (Å²) in [5.41, 5.74) is 0.873. The molecule has 0 aromatic carbocycles. The molecule has 114 valence electrons. The van der Waals surface area contributed by atoms with Gasteiger partial charge >= 0.3 is 6.18 Å². The molecule has 0 unspecified atom stereocenters. The molecule has 0 fully saturated rings. The number of hydrogen-bond donors (Lipinski definition) is 0. The van der Waals surface area contributed by atoms with E-state index in [2.05, 4.69) is 15.1 Å². The van der Waals surface area contributed by atoms with Gasteiger partial charge in [-0.25, -0.2) is 9.67 Å². The van der Waals surface area contributed by atoms with Crippen molar-refractivity contribution in [3.05, 3.63) is 41.7 Å². The lowest BCUT2D eigenvalue weighted by atomic mass is 10.1. The molecule has 0 saturated carbocycles. The Morgan fingerprint density at radius 3 is 2.62 bits per heavy atom. The van der Waals surface area contributed by atoms with Gasteiger partial charge in [-0.2, -0.15) is 18.3 Å². The highest BCUT2D eigenvalue weighted by molar-refractivity contribution is 5.14. The van der Waals surface area contributed by atoms with Crippen LogP contribution in [-0.4, -0.2) is 25.9 Å². The quantitative estimate of drug-likeness (QED) is 0.852. The maximum Gasteiger partial charge on any atom is 0.408 e. The Balaban J connectivity index is 2.22. The minimum Gasteiger partial charge on any atom is -0.264 e. The van der Waals surface area contributed by atoms with Gasteiger partial charge in [0, 0.05) is 25.2 Å². The van der Waals surface area contributed by atoms with Gasteiger partial charge in [0.1, 0.15) is 12.4 Å². The van der Waals surface area contributed by atoms with Crippen molar-refractivity contribution in [1.29, 1.82) is 0 Å². The largest absolute Gasteiger partial charge is 0.408 e. The van der Waals surface area contributed by atoms with Crippen molar-refractivity contribution >= 4 is 0 Å². The van der Waals surface area contributed by atoms with E-state index < -0.39 is 12.7 Å². The van der Waals surface area contributed by atoms with Crippen molar-refractivity contribution in [3.63, 3.8) is 0 Å². The fourth-order valence-electron chi connectivity index (χ4n) is 2.00. The van der Waals surface area contributed by atoms with Crippen LogP contribution >= 0.6 is 0 Å². The second-order valence-electron chi connectivity index (χ2n) is 5.35. The number of halogens is 3. The number of hydrogen-bond acceptors (Lipinski definition) is 3. The highest BCUT2D eigenvalue weighted by Crippen LogP contribution is 2.19. The van der Waals surface area contributed by atoms with E-state index in [1.807, 2.05) is 19.9 Å². The number of pyridine rings is 1. The Bertz CT molecular complexity index is 576. The second-order valence-corrected chi connectivity index (χ2v) is 5.35. The first-order valence-corrected chi connectivity index (χ1v) is 6.72. The standard InChI is InChI=1S/C14H17F3N4/c1-10(2)6-13-19-12(7-11-4-3-5-18-8-11)20-21(13)9-14(15,16)17/h3-5,8,10H,6-7,9H2,1-2H3. The van der Waals surface area contributed by atoms with Gasteiger partial charge in [-0.3, -0.25) is 4.98 Å². The van der Waals surface area contributed by atoms with Gasteiger partial charge in [0.05, 0.1) is 0 Å². The third-order valence-corrected chi connectivity index (χ3v) is 2.80. The molecule has 21 heavy (non-hydrogen) atoms. The fourth-order valence-corrected chi connectivity index (χ4v) is 2.00. The smallest absolute Gasteiger partial charge is 0.264 e. The van der Waals surface area contributed by atoms with Crippen LogP contribution in [0.25, 0.3) is 0 Å². The summed E-state index contributed by atoms with van der Waals surface area (Å²) in [5, 5.41) is 4.00. The molecular weight excluding hydrogens is 281 g/mol. The normalized spacial score (nSPS) is 12.1. The molecule has 2 heterocycles. The van der Waals surface area contributed by atoms with Crippen molar-refractivity contribution in [1.82, 2.24) is 19.7 Å². The average Bonchev–Trinajstić information content (AvgIpc) is 2.69. The monoisotopic (exact) mass is 298 g/mol. The predicted molar refractivity (Wildman–Crippen MR) is 71.7 cm³/mol. The summed E-state index contributed by atoms with van der Waals surface area (Å²) >= 11 is 0. The zero-order valence-electron chi connectivity index (χ0n) is 11.9. The molecule has 0 aliphatic heterocycles. The molecule has 2 aromatic heterocycles. The van der Waals surface area contributed by atoms with Gasteiger partial charge in [-0.15, -0.1) is 0 Å². The first-order chi connectivity index (χ1) is 9.83.